The summed E-state index contributed by atoms with van der Waals surface area (Å²) in [7, 11) is 0. The summed E-state index contributed by atoms with van der Waals surface area (Å²) in [4.78, 5) is 18.2. The second kappa shape index (κ2) is 7.50. The van der Waals surface area contributed by atoms with Crippen molar-refractivity contribution in [2.24, 2.45) is 0 Å². The summed E-state index contributed by atoms with van der Waals surface area (Å²) in [5, 5.41) is 0.889. The Balaban J connectivity index is 1.87. The first-order valence-corrected chi connectivity index (χ1v) is 8.83. The van der Waals surface area contributed by atoms with Gasteiger partial charge in [-0.25, -0.2) is 4.39 Å². The van der Waals surface area contributed by atoms with E-state index in [1.165, 1.54) is 6.07 Å². The predicted molar refractivity (Wildman–Crippen MR) is 101 cm³/mol. The molecule has 2 bridgehead atoms. The van der Waals surface area contributed by atoms with Gasteiger partial charge in [0.25, 0.3) is 0 Å². The first-order chi connectivity index (χ1) is 13.1. The van der Waals surface area contributed by atoms with Crippen LogP contribution in [-0.4, -0.2) is 37.1 Å². The fraction of sp³-hybridized carbons (Fsp3) is 0.200. The minimum Gasteiger partial charge on any atom is -0.486 e. The van der Waals surface area contributed by atoms with Crippen LogP contribution < -0.4 is 9.64 Å². The first-order valence-electron chi connectivity index (χ1n) is 8.45. The molecule has 5 nitrogen and oxygen atoms in total. The fourth-order valence-corrected chi connectivity index (χ4v) is 3.20. The number of ketones is 1. The zero-order chi connectivity index (χ0) is 18.8. The zero-order valence-corrected chi connectivity index (χ0v) is 15.1. The number of halogens is 2. The number of nitrogens with zero attached hydrogens (tertiary/aromatic N) is 2. The maximum Gasteiger partial charge on any atom is 0.195 e. The van der Waals surface area contributed by atoms with E-state index in [0.717, 1.165) is 16.6 Å². The van der Waals surface area contributed by atoms with Crippen molar-refractivity contribution >= 4 is 39.7 Å². The minimum atomic E-state index is -0.480. The van der Waals surface area contributed by atoms with Crippen LogP contribution in [0.2, 0.25) is 5.02 Å². The van der Waals surface area contributed by atoms with Crippen molar-refractivity contribution in [1.29, 1.82) is 0 Å². The van der Waals surface area contributed by atoms with Crippen LogP contribution >= 0.6 is 11.6 Å². The number of anilines is 2. The highest BCUT2D eigenvalue weighted by Gasteiger charge is 2.17. The number of pyridine rings is 1. The van der Waals surface area contributed by atoms with Crippen LogP contribution in [0.4, 0.5) is 15.8 Å². The third-order valence-electron chi connectivity index (χ3n) is 4.32. The average molecular weight is 387 g/mol. The van der Waals surface area contributed by atoms with Gasteiger partial charge in [-0.1, -0.05) is 11.6 Å². The molecule has 27 heavy (non-hydrogen) atoms. The van der Waals surface area contributed by atoms with E-state index in [2.05, 4.69) is 4.98 Å². The molecule has 0 fully saturated rings. The molecule has 138 valence electrons. The molecule has 0 saturated carbocycles. The Morgan fingerprint density at radius 2 is 2.00 bits per heavy atom. The van der Waals surface area contributed by atoms with E-state index in [1.807, 2.05) is 23.1 Å². The minimum absolute atomic E-state index is 0.0243. The lowest BCUT2D eigenvalue weighted by atomic mass is 10.1. The largest absolute Gasteiger partial charge is 0.486 e. The quantitative estimate of drug-likeness (QED) is 0.629. The lowest BCUT2D eigenvalue weighted by molar-refractivity contribution is -0.125. The van der Waals surface area contributed by atoms with Crippen molar-refractivity contribution in [3.05, 3.63) is 59.5 Å². The number of hydrogen-bond donors (Lipinski definition) is 0. The maximum absolute atomic E-state index is 13.6. The Kier molecular flexibility index (Phi) is 4.92. The van der Waals surface area contributed by atoms with Gasteiger partial charge in [-0.05, 0) is 42.5 Å². The lowest BCUT2D eigenvalue weighted by Gasteiger charge is -2.27. The number of rotatable bonds is 1. The Hall–Kier alpha value is -2.70. The summed E-state index contributed by atoms with van der Waals surface area (Å²) in [6.45, 7) is 0.700. The van der Waals surface area contributed by atoms with Gasteiger partial charge in [0.2, 0.25) is 0 Å². The number of carbonyl (C=O) groups is 1. The summed E-state index contributed by atoms with van der Waals surface area (Å²) in [6, 6.07) is 11.9. The van der Waals surface area contributed by atoms with Crippen molar-refractivity contribution in [3.8, 4) is 5.75 Å². The van der Waals surface area contributed by atoms with Crippen LogP contribution in [0.3, 0.4) is 0 Å². The smallest absolute Gasteiger partial charge is 0.195 e. The van der Waals surface area contributed by atoms with Gasteiger partial charge < -0.3 is 14.4 Å². The van der Waals surface area contributed by atoms with E-state index in [9.17, 15) is 9.18 Å². The van der Waals surface area contributed by atoms with Crippen molar-refractivity contribution < 1.29 is 18.7 Å². The normalized spacial score (nSPS) is 15.3. The number of benzene rings is 2. The lowest BCUT2D eigenvalue weighted by Crippen LogP contribution is -2.25. The van der Waals surface area contributed by atoms with Crippen molar-refractivity contribution in [3.63, 3.8) is 0 Å². The van der Waals surface area contributed by atoms with Crippen LogP contribution in [-0.2, 0) is 9.53 Å². The van der Waals surface area contributed by atoms with Crippen LogP contribution in [0.5, 0.6) is 5.75 Å². The van der Waals surface area contributed by atoms with E-state index in [0.29, 0.717) is 24.6 Å². The van der Waals surface area contributed by atoms with Crippen LogP contribution in [0.15, 0.2) is 48.7 Å². The molecule has 1 aromatic heterocycles. The molecule has 2 aromatic carbocycles. The van der Waals surface area contributed by atoms with Gasteiger partial charge in [0.05, 0.1) is 22.8 Å². The molecule has 0 aliphatic carbocycles. The Morgan fingerprint density at radius 3 is 2.85 bits per heavy atom. The summed E-state index contributed by atoms with van der Waals surface area (Å²) in [5.74, 6) is -0.0480. The molecule has 0 spiro atoms. The van der Waals surface area contributed by atoms with Gasteiger partial charge in [-0.3, -0.25) is 9.78 Å². The molecular formula is C20H16ClFN2O3. The molecule has 0 amide bonds. The SMILES string of the molecule is O=C1COCCN(c2ccc(F)c(Cl)c2)c2ccnc3ccc(cc23)OC1. The van der Waals surface area contributed by atoms with E-state index in [4.69, 9.17) is 21.1 Å². The van der Waals surface area contributed by atoms with Crippen molar-refractivity contribution in [1.82, 2.24) is 4.98 Å². The van der Waals surface area contributed by atoms with E-state index in [-0.39, 0.29) is 24.0 Å². The first kappa shape index (κ1) is 17.7. The number of carbonyl (C=O) groups excluding carboxylic acids is 1. The van der Waals surface area contributed by atoms with Gasteiger partial charge in [0.1, 0.15) is 24.8 Å². The third kappa shape index (κ3) is 3.72. The Labute approximate surface area is 160 Å². The second-order valence-electron chi connectivity index (χ2n) is 6.14. The molecule has 0 N–H and O–H groups in total. The fourth-order valence-electron chi connectivity index (χ4n) is 3.02. The van der Waals surface area contributed by atoms with Crippen LogP contribution in [0.25, 0.3) is 10.9 Å². The molecular weight excluding hydrogens is 371 g/mol. The van der Waals surface area contributed by atoms with Gasteiger partial charge in [0.15, 0.2) is 5.78 Å². The van der Waals surface area contributed by atoms with Crippen LogP contribution in [0, 0.1) is 5.82 Å². The predicted octanol–water partition coefficient (Wildman–Crippen LogP) is 4.14. The van der Waals surface area contributed by atoms with Gasteiger partial charge in [-0.15, -0.1) is 0 Å². The molecule has 1 aliphatic rings. The highest BCUT2D eigenvalue weighted by Crippen LogP contribution is 2.34. The summed E-state index contributed by atoms with van der Waals surface area (Å²) < 4.78 is 24.7. The molecule has 4 rings (SSSR count). The van der Waals surface area contributed by atoms with Gasteiger partial charge >= 0.3 is 0 Å². The summed E-state index contributed by atoms with van der Waals surface area (Å²) in [5.41, 5.74) is 2.36. The summed E-state index contributed by atoms with van der Waals surface area (Å²) in [6.07, 6.45) is 1.71. The average Bonchev–Trinajstić information content (AvgIpc) is 2.67. The molecule has 7 heteroatoms. The number of hydrogen-bond acceptors (Lipinski definition) is 5. The topological polar surface area (TPSA) is 51.7 Å². The maximum atomic E-state index is 13.6. The zero-order valence-electron chi connectivity index (χ0n) is 14.3. The Morgan fingerprint density at radius 1 is 1.11 bits per heavy atom. The van der Waals surface area contributed by atoms with Crippen molar-refractivity contribution in [2.75, 3.05) is 31.3 Å². The molecule has 0 radical (unpaired) electrons. The standard InChI is InChI=1S/C20H16ClFN2O3/c21-17-9-13(1-3-18(17)22)24-7-8-26-11-14(25)12-27-15-2-4-19-16(10-15)20(24)5-6-23-19/h1-6,9-10H,7-8,11-12H2. The monoisotopic (exact) mass is 386 g/mol. The molecule has 0 atom stereocenters. The van der Waals surface area contributed by atoms with E-state index >= 15 is 0 Å². The highest BCUT2D eigenvalue weighted by molar-refractivity contribution is 6.31. The Bertz CT molecular complexity index is 1010. The molecule has 1 aliphatic heterocycles. The van der Waals surface area contributed by atoms with E-state index < -0.39 is 5.82 Å². The van der Waals surface area contributed by atoms with Gasteiger partial charge in [-0.2, -0.15) is 0 Å². The van der Waals surface area contributed by atoms with Gasteiger partial charge in [0, 0.05) is 23.8 Å². The number of fused-ring (bicyclic) bond motifs is 1. The molecule has 0 saturated heterocycles. The van der Waals surface area contributed by atoms with Crippen LogP contribution in [0.1, 0.15) is 0 Å². The molecule has 2 heterocycles. The molecule has 3 aromatic rings. The third-order valence-corrected chi connectivity index (χ3v) is 4.61. The molecule has 0 unspecified atom stereocenters. The second-order valence-corrected chi connectivity index (χ2v) is 6.55. The number of ether oxygens (including phenoxy) is 2. The summed E-state index contributed by atoms with van der Waals surface area (Å²) >= 11 is 5.99. The van der Waals surface area contributed by atoms with Crippen molar-refractivity contribution in [2.45, 2.75) is 0 Å². The van der Waals surface area contributed by atoms with E-state index in [1.54, 1.807) is 24.4 Å². The number of Topliss-reactive ketones (excluding diaryl/α,β-unsaturated/α-hetero) is 1. The highest BCUT2D eigenvalue weighted by atomic mass is 35.5. The number of aromatic nitrogens is 1.